The van der Waals surface area contributed by atoms with E-state index in [9.17, 15) is 14.7 Å². The third-order valence-electron chi connectivity index (χ3n) is 4.23. The molecule has 1 aliphatic heterocycles. The number of carbonyl (C=O) groups is 2. The molecule has 1 aromatic heterocycles. The lowest BCUT2D eigenvalue weighted by atomic mass is 10.1. The Morgan fingerprint density at radius 2 is 1.76 bits per heavy atom. The first-order valence-corrected chi connectivity index (χ1v) is 8.92. The Morgan fingerprint density at radius 1 is 1.12 bits per heavy atom. The maximum atomic E-state index is 12.4. The number of thiophene rings is 1. The van der Waals surface area contributed by atoms with Crippen LogP contribution in [0.3, 0.4) is 0 Å². The molecular formula is C18H20N2O4S. The molecule has 1 aliphatic rings. The first-order chi connectivity index (χ1) is 12.1. The topological polar surface area (TPSA) is 70.1 Å². The fourth-order valence-electron chi connectivity index (χ4n) is 2.78. The highest BCUT2D eigenvalue weighted by Gasteiger charge is 2.25. The second-order valence-corrected chi connectivity index (χ2v) is 6.78. The second-order valence-electron chi connectivity index (χ2n) is 5.87. The molecule has 3 rings (SSSR count). The molecule has 0 unspecified atom stereocenters. The van der Waals surface area contributed by atoms with Crippen LogP contribution in [0.25, 0.3) is 0 Å². The van der Waals surface area contributed by atoms with Crippen LogP contribution < -0.4 is 4.74 Å². The molecule has 0 bridgehead atoms. The first-order valence-electron chi connectivity index (χ1n) is 8.04. The van der Waals surface area contributed by atoms with Gasteiger partial charge in [0.15, 0.2) is 0 Å². The molecule has 2 heterocycles. The molecule has 0 radical (unpaired) electrons. The number of amides is 2. The lowest BCUT2D eigenvalue weighted by molar-refractivity contribution is -0.131. The predicted octanol–water partition coefficient (Wildman–Crippen LogP) is 1.99. The minimum atomic E-state index is -0.0902. The van der Waals surface area contributed by atoms with Gasteiger partial charge < -0.3 is 19.6 Å². The van der Waals surface area contributed by atoms with E-state index in [0.29, 0.717) is 37.5 Å². The molecular weight excluding hydrogens is 340 g/mol. The Kier molecular flexibility index (Phi) is 5.23. The van der Waals surface area contributed by atoms with Crippen molar-refractivity contribution in [2.24, 2.45) is 0 Å². The first kappa shape index (κ1) is 17.3. The number of aromatic hydroxyl groups is 1. The van der Waals surface area contributed by atoms with Crippen LogP contribution in [0.4, 0.5) is 0 Å². The van der Waals surface area contributed by atoms with Gasteiger partial charge in [0.2, 0.25) is 5.91 Å². The third-order valence-corrected chi connectivity index (χ3v) is 5.14. The van der Waals surface area contributed by atoms with Crippen LogP contribution in [0.5, 0.6) is 11.5 Å². The summed E-state index contributed by atoms with van der Waals surface area (Å²) in [6, 6.07) is 8.94. The van der Waals surface area contributed by atoms with Crippen molar-refractivity contribution in [3.63, 3.8) is 0 Å². The van der Waals surface area contributed by atoms with Crippen molar-refractivity contribution < 1.29 is 19.4 Å². The number of hydrogen-bond donors (Lipinski definition) is 1. The lowest BCUT2D eigenvalue weighted by Gasteiger charge is -2.34. The van der Waals surface area contributed by atoms with E-state index in [4.69, 9.17) is 4.74 Å². The summed E-state index contributed by atoms with van der Waals surface area (Å²) in [7, 11) is 1.61. The van der Waals surface area contributed by atoms with E-state index >= 15 is 0 Å². The molecule has 132 valence electrons. The Morgan fingerprint density at radius 3 is 2.32 bits per heavy atom. The zero-order valence-corrected chi connectivity index (χ0v) is 14.8. The van der Waals surface area contributed by atoms with Gasteiger partial charge in [-0.2, -0.15) is 0 Å². The Labute approximate surface area is 150 Å². The van der Waals surface area contributed by atoms with E-state index in [2.05, 4.69) is 0 Å². The number of rotatable bonds is 4. The van der Waals surface area contributed by atoms with Gasteiger partial charge in [-0.05, 0) is 17.7 Å². The van der Waals surface area contributed by atoms with Gasteiger partial charge in [-0.15, -0.1) is 11.3 Å². The van der Waals surface area contributed by atoms with E-state index in [1.165, 1.54) is 17.4 Å². The number of hydrogen-bond acceptors (Lipinski definition) is 5. The van der Waals surface area contributed by atoms with E-state index < -0.39 is 0 Å². The lowest BCUT2D eigenvalue weighted by Crippen LogP contribution is -2.50. The molecule has 25 heavy (non-hydrogen) atoms. The second kappa shape index (κ2) is 7.57. The number of ether oxygens (including phenoxy) is 1. The molecule has 1 saturated heterocycles. The average molecular weight is 360 g/mol. The predicted molar refractivity (Wildman–Crippen MR) is 95.2 cm³/mol. The zero-order chi connectivity index (χ0) is 17.8. The minimum absolute atomic E-state index is 0.0611. The van der Waals surface area contributed by atoms with Gasteiger partial charge >= 0.3 is 0 Å². The van der Waals surface area contributed by atoms with Crippen molar-refractivity contribution >= 4 is 23.2 Å². The van der Waals surface area contributed by atoms with E-state index in [0.717, 1.165) is 11.3 Å². The zero-order valence-electron chi connectivity index (χ0n) is 14.0. The maximum absolute atomic E-state index is 12.4. The molecule has 0 spiro atoms. The van der Waals surface area contributed by atoms with Crippen molar-refractivity contribution in [3.05, 3.63) is 46.2 Å². The molecule has 1 aromatic carbocycles. The van der Waals surface area contributed by atoms with Crippen molar-refractivity contribution in [3.8, 4) is 11.5 Å². The van der Waals surface area contributed by atoms with Crippen molar-refractivity contribution in [2.75, 3.05) is 33.3 Å². The summed E-state index contributed by atoms with van der Waals surface area (Å²) in [5, 5.41) is 10.9. The number of piperazine rings is 1. The van der Waals surface area contributed by atoms with Gasteiger partial charge in [-0.1, -0.05) is 12.1 Å². The van der Waals surface area contributed by atoms with Gasteiger partial charge in [0.25, 0.3) is 5.91 Å². The highest BCUT2D eigenvalue weighted by molar-refractivity contribution is 7.12. The molecule has 6 nitrogen and oxygen atoms in total. The largest absolute Gasteiger partial charge is 0.507 e. The Balaban J connectivity index is 1.52. The molecule has 0 atom stereocenters. The monoisotopic (exact) mass is 360 g/mol. The van der Waals surface area contributed by atoms with Crippen LogP contribution in [0.2, 0.25) is 0 Å². The van der Waals surface area contributed by atoms with Gasteiger partial charge in [0.1, 0.15) is 11.5 Å². The van der Waals surface area contributed by atoms with Crippen LogP contribution in [0.1, 0.15) is 15.2 Å². The standard InChI is InChI=1S/C18H20N2O4S/c1-24-15-4-2-13(3-5-15)10-17(22)19-6-8-20(9-7-19)18(23)16-11-14(21)12-25-16/h2-5,11-12,21H,6-10H2,1H3. The van der Waals surface area contributed by atoms with Gasteiger partial charge in [0, 0.05) is 37.6 Å². The van der Waals surface area contributed by atoms with E-state index in [1.807, 2.05) is 24.3 Å². The number of methoxy groups -OCH3 is 1. The van der Waals surface area contributed by atoms with Crippen LogP contribution in [0, 0.1) is 0 Å². The summed E-state index contributed by atoms with van der Waals surface area (Å²) >= 11 is 1.23. The highest BCUT2D eigenvalue weighted by atomic mass is 32.1. The third kappa shape index (κ3) is 4.11. The van der Waals surface area contributed by atoms with Crippen molar-refractivity contribution in [1.29, 1.82) is 0 Å². The smallest absolute Gasteiger partial charge is 0.264 e. The van der Waals surface area contributed by atoms with Gasteiger partial charge in [-0.25, -0.2) is 0 Å². The molecule has 0 aliphatic carbocycles. The summed E-state index contributed by atoms with van der Waals surface area (Å²) in [4.78, 5) is 28.8. The summed E-state index contributed by atoms with van der Waals surface area (Å²) in [6.45, 7) is 2.06. The normalized spacial score (nSPS) is 14.4. The van der Waals surface area contributed by atoms with Crippen LogP contribution in [-0.4, -0.2) is 60.0 Å². The van der Waals surface area contributed by atoms with E-state index in [-0.39, 0.29) is 17.6 Å². The SMILES string of the molecule is COc1ccc(CC(=O)N2CCN(C(=O)c3cc(O)cs3)CC2)cc1. The van der Waals surface area contributed by atoms with Crippen LogP contribution in [0.15, 0.2) is 35.7 Å². The fraction of sp³-hybridized carbons (Fsp3) is 0.333. The molecule has 0 saturated carbocycles. The summed E-state index contributed by atoms with van der Waals surface area (Å²) in [5.74, 6) is 0.850. The molecule has 1 N–H and O–H groups in total. The molecule has 1 fully saturated rings. The molecule has 2 amide bonds. The number of nitrogens with zero attached hydrogens (tertiary/aromatic N) is 2. The van der Waals surface area contributed by atoms with E-state index in [1.54, 1.807) is 22.3 Å². The molecule has 2 aromatic rings. The Bertz CT molecular complexity index is 749. The van der Waals surface area contributed by atoms with Crippen LogP contribution in [-0.2, 0) is 11.2 Å². The minimum Gasteiger partial charge on any atom is -0.507 e. The summed E-state index contributed by atoms with van der Waals surface area (Å²) in [5.41, 5.74) is 0.943. The quantitative estimate of drug-likeness (QED) is 0.905. The average Bonchev–Trinajstić information content (AvgIpc) is 3.08. The fourth-order valence-corrected chi connectivity index (χ4v) is 3.52. The Hall–Kier alpha value is -2.54. The highest BCUT2D eigenvalue weighted by Crippen LogP contribution is 2.22. The van der Waals surface area contributed by atoms with Gasteiger partial charge in [0.05, 0.1) is 18.4 Å². The number of carbonyl (C=O) groups excluding carboxylic acids is 2. The maximum Gasteiger partial charge on any atom is 0.264 e. The summed E-state index contributed by atoms with van der Waals surface area (Å²) < 4.78 is 5.12. The molecule has 7 heteroatoms. The summed E-state index contributed by atoms with van der Waals surface area (Å²) in [6.07, 6.45) is 0.344. The van der Waals surface area contributed by atoms with Gasteiger partial charge in [-0.3, -0.25) is 9.59 Å². The van der Waals surface area contributed by atoms with Crippen LogP contribution >= 0.6 is 11.3 Å². The number of benzene rings is 1. The van der Waals surface area contributed by atoms with Crippen molar-refractivity contribution in [2.45, 2.75) is 6.42 Å². The van der Waals surface area contributed by atoms with Crippen molar-refractivity contribution in [1.82, 2.24) is 9.80 Å².